The van der Waals surface area contributed by atoms with Crippen molar-refractivity contribution in [3.05, 3.63) is 40.9 Å². The van der Waals surface area contributed by atoms with Gasteiger partial charge in [-0.1, -0.05) is 0 Å². The van der Waals surface area contributed by atoms with Gasteiger partial charge in [0.1, 0.15) is 0 Å². The van der Waals surface area contributed by atoms with Crippen molar-refractivity contribution in [2.75, 3.05) is 0 Å². The molecule has 1 aromatic rings. The van der Waals surface area contributed by atoms with Gasteiger partial charge < -0.3 is 0 Å². The number of rotatable bonds is 3. The van der Waals surface area contributed by atoms with Gasteiger partial charge in [0.25, 0.3) is 0 Å². The predicted octanol–water partition coefficient (Wildman–Crippen LogP) is 0.923. The number of carboxylic acid groups (broad SMARTS) is 1. The molecule has 68 valence electrons. The molecular weight excluding hydrogens is 231 g/mol. The molecule has 0 heterocycles. The Labute approximate surface area is 83.4 Å². The van der Waals surface area contributed by atoms with Crippen LogP contribution in [0.1, 0.15) is 5.56 Å². The summed E-state index contributed by atoms with van der Waals surface area (Å²) in [6.45, 7) is 2.03. The molecule has 13 heavy (non-hydrogen) atoms. The second-order valence-corrected chi connectivity index (χ2v) is 4.63. The van der Waals surface area contributed by atoms with Crippen LogP contribution in [-0.2, 0) is 4.79 Å². The summed E-state index contributed by atoms with van der Waals surface area (Å²) < 4.78 is 1.19. The summed E-state index contributed by atoms with van der Waals surface area (Å²) in [4.78, 5) is 11.9. The summed E-state index contributed by atoms with van der Waals surface area (Å²) in [6.07, 6.45) is 1.19. The summed E-state index contributed by atoms with van der Waals surface area (Å²) in [6, 6.07) is 8.13. The zero-order valence-corrected chi connectivity index (χ0v) is 8.94. The fourth-order valence-corrected chi connectivity index (χ4v) is 2.12. The van der Waals surface area contributed by atoms with Crippen molar-refractivity contribution in [2.45, 2.75) is 6.92 Å². The fraction of sp³-hybridized carbons (Fsp3) is 0.100. The molecule has 0 amide bonds. The maximum atomic E-state index is 10.2. The van der Waals surface area contributed by atoms with Crippen LogP contribution in [0.2, 0.25) is 0 Å². The molecule has 1 N–H and O–H groups in total. The van der Waals surface area contributed by atoms with Crippen LogP contribution >= 0.6 is 0 Å². The van der Waals surface area contributed by atoms with Crippen molar-refractivity contribution in [2.24, 2.45) is 0 Å². The van der Waals surface area contributed by atoms with Gasteiger partial charge in [-0.3, -0.25) is 0 Å². The van der Waals surface area contributed by atoms with Crippen LogP contribution in [0.15, 0.2) is 35.3 Å². The number of aliphatic carboxylic acids is 1. The van der Waals surface area contributed by atoms with Gasteiger partial charge in [0, 0.05) is 0 Å². The molecule has 1 aromatic carbocycles. The van der Waals surface area contributed by atoms with E-state index >= 15 is 0 Å². The van der Waals surface area contributed by atoms with Crippen LogP contribution in [0.3, 0.4) is 0 Å². The Morgan fingerprint density at radius 1 is 1.38 bits per heavy atom. The molecule has 0 saturated carbocycles. The van der Waals surface area contributed by atoms with E-state index in [1.54, 1.807) is 4.97 Å². The predicted molar refractivity (Wildman–Crippen MR) is 53.3 cm³/mol. The van der Waals surface area contributed by atoms with E-state index in [0.29, 0.717) is 0 Å². The average Bonchev–Trinajstić information content (AvgIpc) is 2.08. The van der Waals surface area contributed by atoms with Gasteiger partial charge in [-0.2, -0.15) is 0 Å². The van der Waals surface area contributed by atoms with Gasteiger partial charge in [0.15, 0.2) is 0 Å². The number of aryl methyl sites for hydroxylation is 1. The Morgan fingerprint density at radius 3 is 2.54 bits per heavy atom. The number of benzene rings is 1. The molecule has 0 bridgehead atoms. The quantitative estimate of drug-likeness (QED) is 0.631. The van der Waals surface area contributed by atoms with Crippen LogP contribution in [0, 0.1) is 6.92 Å². The summed E-state index contributed by atoms with van der Waals surface area (Å²) in [5, 5.41) is 8.36. The second kappa shape index (κ2) is 4.85. The molecular formula is C10H10O2Se. The van der Waals surface area contributed by atoms with Crippen molar-refractivity contribution < 1.29 is 9.90 Å². The summed E-state index contributed by atoms with van der Waals surface area (Å²) in [5.74, 6) is -0.881. The third kappa shape index (κ3) is 3.92. The first-order chi connectivity index (χ1) is 6.18. The van der Waals surface area contributed by atoms with E-state index in [2.05, 4.69) is 0 Å². The van der Waals surface area contributed by atoms with E-state index in [-0.39, 0.29) is 15.0 Å². The molecule has 0 radical (unpaired) electrons. The summed E-state index contributed by atoms with van der Waals surface area (Å²) in [5.41, 5.74) is 1.22. The summed E-state index contributed by atoms with van der Waals surface area (Å²) in [7, 11) is 0. The standard InChI is InChI=1S/C10H10O2Se/c1-8-2-4-9(5-3-8)13-7-6-10(11)12/h2-7H,1H3,(H,11,12)/b7-6+. The molecule has 0 aliphatic carbocycles. The van der Waals surface area contributed by atoms with E-state index in [4.69, 9.17) is 5.11 Å². The minimum absolute atomic E-state index is 0.131. The molecule has 0 aliphatic heterocycles. The summed E-state index contributed by atoms with van der Waals surface area (Å²) >= 11 is 0.131. The monoisotopic (exact) mass is 242 g/mol. The first kappa shape index (κ1) is 10.0. The maximum absolute atomic E-state index is 10.2. The normalized spacial score (nSPS) is 10.5. The molecule has 3 heteroatoms. The number of hydrogen-bond acceptors (Lipinski definition) is 1. The molecule has 0 atom stereocenters. The van der Waals surface area contributed by atoms with E-state index in [0.717, 1.165) is 0 Å². The fourth-order valence-electron chi connectivity index (χ4n) is 0.788. The molecule has 0 unspecified atom stereocenters. The van der Waals surface area contributed by atoms with Gasteiger partial charge in [0.2, 0.25) is 0 Å². The van der Waals surface area contributed by atoms with Crippen LogP contribution < -0.4 is 4.46 Å². The molecule has 0 saturated heterocycles. The van der Waals surface area contributed by atoms with Gasteiger partial charge in [-0.05, 0) is 0 Å². The zero-order chi connectivity index (χ0) is 9.68. The van der Waals surface area contributed by atoms with Crippen LogP contribution in [-0.4, -0.2) is 26.0 Å². The Hall–Kier alpha value is -1.05. The average molecular weight is 241 g/mol. The van der Waals surface area contributed by atoms with Gasteiger partial charge in [-0.15, -0.1) is 0 Å². The van der Waals surface area contributed by atoms with Crippen molar-refractivity contribution >= 4 is 25.4 Å². The third-order valence-electron chi connectivity index (χ3n) is 1.44. The Balaban J connectivity index is 2.55. The van der Waals surface area contributed by atoms with Gasteiger partial charge in [0.05, 0.1) is 0 Å². The van der Waals surface area contributed by atoms with E-state index in [1.807, 2.05) is 31.2 Å². The Kier molecular flexibility index (Phi) is 3.74. The first-order valence-corrected chi connectivity index (χ1v) is 5.66. The molecule has 1 rings (SSSR count). The van der Waals surface area contributed by atoms with Gasteiger partial charge >= 0.3 is 83.1 Å². The number of carboxylic acids is 1. The number of hydrogen-bond donors (Lipinski definition) is 1. The molecule has 0 aliphatic rings. The van der Waals surface area contributed by atoms with Crippen molar-refractivity contribution in [1.29, 1.82) is 0 Å². The SMILES string of the molecule is Cc1ccc([Se]/C=C/C(=O)O)cc1. The van der Waals surface area contributed by atoms with Crippen molar-refractivity contribution in [3.63, 3.8) is 0 Å². The van der Waals surface area contributed by atoms with E-state index in [1.165, 1.54) is 16.1 Å². The van der Waals surface area contributed by atoms with Gasteiger partial charge in [-0.25, -0.2) is 0 Å². The molecule has 0 spiro atoms. The molecule has 0 fully saturated rings. The zero-order valence-electron chi connectivity index (χ0n) is 7.23. The second-order valence-electron chi connectivity index (χ2n) is 2.57. The Morgan fingerprint density at radius 2 is 2.00 bits per heavy atom. The van der Waals surface area contributed by atoms with Crippen LogP contribution in [0.5, 0.6) is 0 Å². The van der Waals surface area contributed by atoms with Crippen molar-refractivity contribution in [3.8, 4) is 0 Å². The Bertz CT molecular complexity index is 314. The van der Waals surface area contributed by atoms with Crippen LogP contribution in [0.4, 0.5) is 0 Å². The van der Waals surface area contributed by atoms with E-state index < -0.39 is 5.97 Å². The minimum atomic E-state index is -0.881. The molecule has 0 aromatic heterocycles. The topological polar surface area (TPSA) is 37.3 Å². The van der Waals surface area contributed by atoms with Crippen molar-refractivity contribution in [1.82, 2.24) is 0 Å². The van der Waals surface area contributed by atoms with E-state index in [9.17, 15) is 4.79 Å². The molecule has 2 nitrogen and oxygen atoms in total. The first-order valence-electron chi connectivity index (χ1n) is 3.81. The van der Waals surface area contributed by atoms with Crippen LogP contribution in [0.25, 0.3) is 0 Å². The number of carbonyl (C=O) groups is 1. The third-order valence-corrected chi connectivity index (χ3v) is 3.15.